The Bertz CT molecular complexity index is 584. The molecule has 0 saturated heterocycles. The lowest BCUT2D eigenvalue weighted by atomic mass is 10.3. The summed E-state index contributed by atoms with van der Waals surface area (Å²) in [7, 11) is 0. The molecule has 0 fully saturated rings. The van der Waals surface area contributed by atoms with E-state index in [9.17, 15) is 9.59 Å². The van der Waals surface area contributed by atoms with Gasteiger partial charge in [0.1, 0.15) is 12.4 Å². The molecule has 1 aromatic rings. The molecule has 1 heterocycles. The summed E-state index contributed by atoms with van der Waals surface area (Å²) in [4.78, 5) is 24.2. The molecule has 0 bridgehead atoms. The standard InChI is InChI=1S/C16H22N2O6.ClH/c1-2-6-18(10-16(20)21)9-15(19)17-5-7-22-12-3-4-13-14(8-12)24-11-23-13;/h3-4,8H,2,5-7,9-11H2,1H3,(H,17,19)(H,20,21);1H. The number of benzene rings is 1. The van der Waals surface area contributed by atoms with Gasteiger partial charge in [0.05, 0.1) is 19.6 Å². The van der Waals surface area contributed by atoms with Crippen LogP contribution in [0.25, 0.3) is 0 Å². The quantitative estimate of drug-likeness (QED) is 0.592. The minimum absolute atomic E-state index is 0. The average molecular weight is 375 g/mol. The Morgan fingerprint density at radius 2 is 2.04 bits per heavy atom. The summed E-state index contributed by atoms with van der Waals surface area (Å²) in [5.41, 5.74) is 0. The van der Waals surface area contributed by atoms with E-state index in [0.29, 0.717) is 36.9 Å². The van der Waals surface area contributed by atoms with Gasteiger partial charge in [0, 0.05) is 6.07 Å². The normalized spacial score (nSPS) is 11.8. The number of hydrogen-bond donors (Lipinski definition) is 2. The molecule has 2 rings (SSSR count). The predicted molar refractivity (Wildman–Crippen MR) is 92.7 cm³/mol. The second kappa shape index (κ2) is 10.6. The Morgan fingerprint density at radius 3 is 2.76 bits per heavy atom. The van der Waals surface area contributed by atoms with E-state index in [1.165, 1.54) is 0 Å². The summed E-state index contributed by atoms with van der Waals surface area (Å²) in [5.74, 6) is 0.791. The molecule has 8 nitrogen and oxygen atoms in total. The number of nitrogens with one attached hydrogen (secondary N) is 1. The van der Waals surface area contributed by atoms with Crippen LogP contribution in [0.3, 0.4) is 0 Å². The Morgan fingerprint density at radius 1 is 1.28 bits per heavy atom. The third-order valence-corrected chi connectivity index (χ3v) is 3.30. The van der Waals surface area contributed by atoms with Gasteiger partial charge < -0.3 is 24.6 Å². The van der Waals surface area contributed by atoms with E-state index >= 15 is 0 Å². The first kappa shape index (κ1) is 20.9. The van der Waals surface area contributed by atoms with Gasteiger partial charge in [0.2, 0.25) is 12.7 Å². The van der Waals surface area contributed by atoms with Gasteiger partial charge in [-0.3, -0.25) is 14.5 Å². The molecule has 0 radical (unpaired) electrons. The van der Waals surface area contributed by atoms with E-state index in [2.05, 4.69) is 5.32 Å². The minimum atomic E-state index is -0.942. The molecule has 1 aliphatic heterocycles. The van der Waals surface area contributed by atoms with Gasteiger partial charge in [-0.15, -0.1) is 12.4 Å². The van der Waals surface area contributed by atoms with Crippen molar-refractivity contribution in [2.45, 2.75) is 13.3 Å². The number of carbonyl (C=O) groups is 2. The summed E-state index contributed by atoms with van der Waals surface area (Å²) in [6.07, 6.45) is 0.786. The molecular weight excluding hydrogens is 352 g/mol. The van der Waals surface area contributed by atoms with Gasteiger partial charge in [-0.2, -0.15) is 0 Å². The molecule has 1 aliphatic rings. The highest BCUT2D eigenvalue weighted by Gasteiger charge is 2.14. The second-order valence-electron chi connectivity index (χ2n) is 5.32. The van der Waals surface area contributed by atoms with E-state index in [1.807, 2.05) is 6.92 Å². The fourth-order valence-corrected chi connectivity index (χ4v) is 2.31. The van der Waals surface area contributed by atoms with Crippen LogP contribution in [-0.2, 0) is 9.59 Å². The van der Waals surface area contributed by atoms with Crippen LogP contribution in [0.1, 0.15) is 13.3 Å². The Balaban J connectivity index is 0.00000312. The molecule has 0 aromatic heterocycles. The number of aliphatic carboxylic acids is 1. The average Bonchev–Trinajstić information content (AvgIpc) is 2.99. The van der Waals surface area contributed by atoms with E-state index < -0.39 is 5.97 Å². The van der Waals surface area contributed by atoms with Crippen LogP contribution in [0, 0.1) is 0 Å². The predicted octanol–water partition coefficient (Wildman–Crippen LogP) is 1.13. The highest BCUT2D eigenvalue weighted by Crippen LogP contribution is 2.34. The van der Waals surface area contributed by atoms with Crippen LogP contribution in [0.15, 0.2) is 18.2 Å². The summed E-state index contributed by atoms with van der Waals surface area (Å²) in [6.45, 7) is 3.26. The van der Waals surface area contributed by atoms with Crippen LogP contribution in [0.5, 0.6) is 17.2 Å². The van der Waals surface area contributed by atoms with Crippen molar-refractivity contribution in [3.05, 3.63) is 18.2 Å². The van der Waals surface area contributed by atoms with Crippen LogP contribution in [0.4, 0.5) is 0 Å². The molecule has 2 N–H and O–H groups in total. The van der Waals surface area contributed by atoms with Crippen molar-refractivity contribution in [1.82, 2.24) is 10.2 Å². The van der Waals surface area contributed by atoms with E-state index in [1.54, 1.807) is 23.1 Å². The first-order valence-corrected chi connectivity index (χ1v) is 7.81. The molecule has 0 aliphatic carbocycles. The van der Waals surface area contributed by atoms with Crippen molar-refractivity contribution in [1.29, 1.82) is 0 Å². The van der Waals surface area contributed by atoms with Gasteiger partial charge >= 0.3 is 5.97 Å². The summed E-state index contributed by atoms with van der Waals surface area (Å²) >= 11 is 0. The van der Waals surface area contributed by atoms with Gasteiger partial charge in [0.25, 0.3) is 0 Å². The molecule has 1 amide bonds. The van der Waals surface area contributed by atoms with Gasteiger partial charge in [-0.1, -0.05) is 6.92 Å². The number of carboxylic acid groups (broad SMARTS) is 1. The maximum Gasteiger partial charge on any atom is 0.317 e. The van der Waals surface area contributed by atoms with Crippen LogP contribution >= 0.6 is 12.4 Å². The third-order valence-electron chi connectivity index (χ3n) is 3.30. The fraction of sp³-hybridized carbons (Fsp3) is 0.500. The van der Waals surface area contributed by atoms with E-state index in [-0.39, 0.29) is 38.2 Å². The number of ether oxygens (including phenoxy) is 3. The molecule has 0 saturated carbocycles. The SMILES string of the molecule is CCCN(CC(=O)O)CC(=O)NCCOc1ccc2c(c1)OCO2.Cl. The first-order valence-electron chi connectivity index (χ1n) is 7.81. The lowest BCUT2D eigenvalue weighted by Crippen LogP contribution is -2.41. The molecule has 25 heavy (non-hydrogen) atoms. The molecule has 0 spiro atoms. The molecule has 140 valence electrons. The molecule has 9 heteroatoms. The van der Waals surface area contributed by atoms with Crippen molar-refractivity contribution >= 4 is 24.3 Å². The van der Waals surface area contributed by atoms with Gasteiger partial charge in [-0.05, 0) is 25.1 Å². The highest BCUT2D eigenvalue weighted by molar-refractivity contribution is 5.85. The summed E-state index contributed by atoms with van der Waals surface area (Å²) in [5, 5.41) is 11.5. The van der Waals surface area contributed by atoms with Crippen LogP contribution < -0.4 is 19.5 Å². The van der Waals surface area contributed by atoms with Crippen LogP contribution in [-0.4, -0.2) is 61.5 Å². The van der Waals surface area contributed by atoms with Crippen molar-refractivity contribution < 1.29 is 28.9 Å². The molecule has 0 atom stereocenters. The van der Waals surface area contributed by atoms with Gasteiger partial charge in [0.15, 0.2) is 11.5 Å². The number of amides is 1. The smallest absolute Gasteiger partial charge is 0.317 e. The number of rotatable bonds is 10. The topological polar surface area (TPSA) is 97.3 Å². The first-order chi connectivity index (χ1) is 11.6. The zero-order chi connectivity index (χ0) is 17.4. The maximum atomic E-state index is 11.8. The number of fused-ring (bicyclic) bond motifs is 1. The lowest BCUT2D eigenvalue weighted by Gasteiger charge is -2.18. The van der Waals surface area contributed by atoms with Crippen molar-refractivity contribution in [3.63, 3.8) is 0 Å². The van der Waals surface area contributed by atoms with Gasteiger partial charge in [-0.25, -0.2) is 0 Å². The molecule has 0 unspecified atom stereocenters. The Kier molecular flexibility index (Phi) is 8.87. The second-order valence-corrected chi connectivity index (χ2v) is 5.32. The Hall–Kier alpha value is -2.19. The zero-order valence-electron chi connectivity index (χ0n) is 14.0. The fourth-order valence-electron chi connectivity index (χ4n) is 2.31. The number of nitrogens with zero attached hydrogens (tertiary/aromatic N) is 1. The van der Waals surface area contributed by atoms with Crippen LogP contribution in [0.2, 0.25) is 0 Å². The molecular formula is C16H23ClN2O6. The monoisotopic (exact) mass is 374 g/mol. The van der Waals surface area contributed by atoms with Crippen molar-refractivity contribution in [2.75, 3.05) is 39.6 Å². The number of carbonyl (C=O) groups excluding carboxylic acids is 1. The van der Waals surface area contributed by atoms with Crippen molar-refractivity contribution in [2.24, 2.45) is 0 Å². The van der Waals surface area contributed by atoms with Crippen molar-refractivity contribution in [3.8, 4) is 17.2 Å². The summed E-state index contributed by atoms with van der Waals surface area (Å²) in [6, 6.07) is 5.27. The number of halogens is 1. The maximum absolute atomic E-state index is 11.8. The molecule has 1 aromatic carbocycles. The van der Waals surface area contributed by atoms with E-state index in [4.69, 9.17) is 19.3 Å². The number of carboxylic acids is 1. The minimum Gasteiger partial charge on any atom is -0.492 e. The number of hydrogen-bond acceptors (Lipinski definition) is 6. The zero-order valence-corrected chi connectivity index (χ0v) is 14.8. The van der Waals surface area contributed by atoms with E-state index in [0.717, 1.165) is 6.42 Å². The third kappa shape index (κ3) is 7.06. The lowest BCUT2D eigenvalue weighted by molar-refractivity contribution is -0.138. The highest BCUT2D eigenvalue weighted by atomic mass is 35.5. The largest absolute Gasteiger partial charge is 0.492 e. The Labute approximate surface area is 152 Å². The summed E-state index contributed by atoms with van der Waals surface area (Å²) < 4.78 is 16.0.